The van der Waals surface area contributed by atoms with E-state index in [1.54, 1.807) is 5.38 Å². The quantitative estimate of drug-likeness (QED) is 0.944. The number of hydrogen-bond donors (Lipinski definition) is 1. The highest BCUT2D eigenvalue weighted by molar-refractivity contribution is 7.84. The molecule has 2 aromatic rings. The maximum atomic E-state index is 13.4. The van der Waals surface area contributed by atoms with Gasteiger partial charge in [0.05, 0.1) is 21.4 Å². The average molecular weight is 302 g/mol. The highest BCUT2D eigenvalue weighted by Crippen LogP contribution is 2.22. The molecular weight excluding hydrogens is 294 g/mol. The molecule has 0 saturated carbocycles. The van der Waals surface area contributed by atoms with Crippen LogP contribution >= 0.6 is 11.3 Å². The van der Waals surface area contributed by atoms with Crippen molar-refractivity contribution in [1.82, 2.24) is 0 Å². The van der Waals surface area contributed by atoms with E-state index in [2.05, 4.69) is 0 Å². The van der Waals surface area contributed by atoms with Gasteiger partial charge in [0.1, 0.15) is 16.5 Å². The van der Waals surface area contributed by atoms with E-state index in [0.717, 1.165) is 29.5 Å². The summed E-state index contributed by atoms with van der Waals surface area (Å²) in [6.45, 7) is 0. The SMILES string of the molecule is O=C(O)c1sccc1CS(=O)c1cc(F)ccc1F. The first-order valence-corrected chi connectivity index (χ1v) is 7.32. The van der Waals surface area contributed by atoms with Gasteiger partial charge in [-0.05, 0) is 35.2 Å². The number of carbonyl (C=O) groups is 1. The molecule has 0 aliphatic rings. The second-order valence-electron chi connectivity index (χ2n) is 3.64. The van der Waals surface area contributed by atoms with Crippen LogP contribution in [0.25, 0.3) is 0 Å². The summed E-state index contributed by atoms with van der Waals surface area (Å²) >= 11 is 1.00. The number of carboxylic acid groups (broad SMARTS) is 1. The third kappa shape index (κ3) is 3.05. The van der Waals surface area contributed by atoms with Crippen molar-refractivity contribution in [1.29, 1.82) is 0 Å². The number of aromatic carboxylic acids is 1. The lowest BCUT2D eigenvalue weighted by Crippen LogP contribution is -2.03. The van der Waals surface area contributed by atoms with Crippen molar-refractivity contribution < 1.29 is 22.9 Å². The number of rotatable bonds is 4. The Labute approximate surface area is 114 Å². The lowest BCUT2D eigenvalue weighted by atomic mass is 10.3. The Balaban J connectivity index is 2.28. The summed E-state index contributed by atoms with van der Waals surface area (Å²) in [5.74, 6) is -2.74. The van der Waals surface area contributed by atoms with E-state index < -0.39 is 28.4 Å². The highest BCUT2D eigenvalue weighted by atomic mass is 32.2. The molecule has 1 unspecified atom stereocenters. The number of carboxylic acids is 1. The molecule has 1 N–H and O–H groups in total. The zero-order chi connectivity index (χ0) is 14.0. The van der Waals surface area contributed by atoms with E-state index in [0.29, 0.717) is 5.56 Å². The molecule has 1 aromatic heterocycles. The smallest absolute Gasteiger partial charge is 0.346 e. The molecule has 0 bridgehead atoms. The summed E-state index contributed by atoms with van der Waals surface area (Å²) in [5.41, 5.74) is 0.347. The van der Waals surface area contributed by atoms with Gasteiger partial charge in [-0.1, -0.05) is 0 Å². The summed E-state index contributed by atoms with van der Waals surface area (Å²) in [7, 11) is -1.83. The lowest BCUT2D eigenvalue weighted by Gasteiger charge is -2.04. The molecule has 1 heterocycles. The minimum atomic E-state index is -1.83. The Hall–Kier alpha value is -1.60. The fourth-order valence-corrected chi connectivity index (χ4v) is 3.57. The molecule has 1 aromatic carbocycles. The van der Waals surface area contributed by atoms with Crippen molar-refractivity contribution in [3.05, 3.63) is 51.7 Å². The Morgan fingerprint density at radius 3 is 2.74 bits per heavy atom. The van der Waals surface area contributed by atoms with Gasteiger partial charge in [0.15, 0.2) is 0 Å². The molecule has 0 radical (unpaired) electrons. The number of hydrogen-bond acceptors (Lipinski definition) is 3. The van der Waals surface area contributed by atoms with Crippen molar-refractivity contribution in [3.63, 3.8) is 0 Å². The summed E-state index contributed by atoms with van der Waals surface area (Å²) in [5, 5.41) is 10.5. The van der Waals surface area contributed by atoms with Crippen LogP contribution in [0.4, 0.5) is 8.78 Å². The van der Waals surface area contributed by atoms with Crippen LogP contribution in [0.15, 0.2) is 34.5 Å². The first kappa shape index (κ1) is 13.8. The first-order valence-electron chi connectivity index (χ1n) is 5.12. The van der Waals surface area contributed by atoms with Gasteiger partial charge in [0.2, 0.25) is 0 Å². The summed E-state index contributed by atoms with van der Waals surface area (Å²) in [4.78, 5) is 10.7. The van der Waals surface area contributed by atoms with Crippen LogP contribution in [0.5, 0.6) is 0 Å². The number of benzene rings is 1. The van der Waals surface area contributed by atoms with Crippen LogP contribution in [-0.4, -0.2) is 15.3 Å². The summed E-state index contributed by atoms with van der Waals surface area (Å²) < 4.78 is 38.4. The van der Waals surface area contributed by atoms with E-state index in [1.165, 1.54) is 6.07 Å². The lowest BCUT2D eigenvalue weighted by molar-refractivity contribution is 0.0701. The van der Waals surface area contributed by atoms with E-state index in [1.807, 2.05) is 0 Å². The molecule has 7 heteroatoms. The molecule has 0 saturated heterocycles. The number of halogens is 2. The molecule has 0 amide bonds. The summed E-state index contributed by atoms with van der Waals surface area (Å²) in [6.07, 6.45) is 0. The van der Waals surface area contributed by atoms with Crippen LogP contribution in [-0.2, 0) is 16.6 Å². The van der Waals surface area contributed by atoms with Crippen molar-refractivity contribution in [3.8, 4) is 0 Å². The predicted molar refractivity (Wildman–Crippen MR) is 67.7 cm³/mol. The molecule has 100 valence electrons. The molecule has 2 rings (SSSR count). The van der Waals surface area contributed by atoms with Gasteiger partial charge < -0.3 is 5.11 Å². The second kappa shape index (κ2) is 5.58. The van der Waals surface area contributed by atoms with Crippen molar-refractivity contribution in [2.24, 2.45) is 0 Å². The van der Waals surface area contributed by atoms with Gasteiger partial charge in [-0.15, -0.1) is 11.3 Å². The Bertz CT molecular complexity index is 652. The predicted octanol–water partition coefficient (Wildman–Crippen LogP) is 3.03. The minimum Gasteiger partial charge on any atom is -0.477 e. The Kier molecular flexibility index (Phi) is 4.06. The molecule has 3 nitrogen and oxygen atoms in total. The van der Waals surface area contributed by atoms with Gasteiger partial charge in [-0.3, -0.25) is 4.21 Å². The Morgan fingerprint density at radius 2 is 2.05 bits per heavy atom. The van der Waals surface area contributed by atoms with E-state index in [9.17, 15) is 17.8 Å². The van der Waals surface area contributed by atoms with Gasteiger partial charge in [-0.25, -0.2) is 13.6 Å². The van der Waals surface area contributed by atoms with E-state index in [-0.39, 0.29) is 15.5 Å². The van der Waals surface area contributed by atoms with Crippen molar-refractivity contribution in [2.75, 3.05) is 0 Å². The molecular formula is C12H8F2O3S2. The molecule has 0 spiro atoms. The monoisotopic (exact) mass is 302 g/mol. The molecule has 0 aliphatic carbocycles. The molecule has 1 atom stereocenters. The van der Waals surface area contributed by atoms with Gasteiger partial charge in [0, 0.05) is 0 Å². The highest BCUT2D eigenvalue weighted by Gasteiger charge is 2.17. The number of thiophene rings is 1. The van der Waals surface area contributed by atoms with Crippen LogP contribution < -0.4 is 0 Å². The third-order valence-corrected chi connectivity index (χ3v) is 4.69. The van der Waals surface area contributed by atoms with Crippen molar-refractivity contribution >= 4 is 28.1 Å². The normalized spacial score (nSPS) is 12.3. The van der Waals surface area contributed by atoms with Gasteiger partial charge in [0.25, 0.3) is 0 Å². The van der Waals surface area contributed by atoms with Crippen LogP contribution in [0, 0.1) is 11.6 Å². The zero-order valence-electron chi connectivity index (χ0n) is 9.43. The molecule has 0 aliphatic heterocycles. The largest absolute Gasteiger partial charge is 0.477 e. The maximum absolute atomic E-state index is 13.4. The maximum Gasteiger partial charge on any atom is 0.346 e. The van der Waals surface area contributed by atoms with Crippen LogP contribution in [0.3, 0.4) is 0 Å². The topological polar surface area (TPSA) is 54.4 Å². The molecule has 19 heavy (non-hydrogen) atoms. The fourth-order valence-electron chi connectivity index (χ4n) is 1.51. The van der Waals surface area contributed by atoms with Gasteiger partial charge >= 0.3 is 5.97 Å². The van der Waals surface area contributed by atoms with Crippen LogP contribution in [0.1, 0.15) is 15.2 Å². The van der Waals surface area contributed by atoms with Gasteiger partial charge in [-0.2, -0.15) is 0 Å². The van der Waals surface area contributed by atoms with E-state index >= 15 is 0 Å². The Morgan fingerprint density at radius 1 is 1.32 bits per heavy atom. The second-order valence-corrected chi connectivity index (χ2v) is 5.98. The fraction of sp³-hybridized carbons (Fsp3) is 0.0833. The summed E-state index contributed by atoms with van der Waals surface area (Å²) in [6, 6.07) is 4.21. The third-order valence-electron chi connectivity index (χ3n) is 2.37. The molecule has 0 fully saturated rings. The van der Waals surface area contributed by atoms with Crippen LogP contribution in [0.2, 0.25) is 0 Å². The average Bonchev–Trinajstić information content (AvgIpc) is 2.80. The standard InChI is InChI=1S/C12H8F2O3S2/c13-8-1-2-9(14)10(5-8)19(17)6-7-3-4-18-11(7)12(15)16/h1-5H,6H2,(H,15,16). The van der Waals surface area contributed by atoms with E-state index in [4.69, 9.17) is 5.11 Å². The van der Waals surface area contributed by atoms with Crippen molar-refractivity contribution in [2.45, 2.75) is 10.6 Å². The minimum absolute atomic E-state index is 0.0603. The zero-order valence-corrected chi connectivity index (χ0v) is 11.1. The first-order chi connectivity index (χ1) is 8.99.